The summed E-state index contributed by atoms with van der Waals surface area (Å²) in [4.78, 5) is 13.2. The number of methoxy groups -OCH3 is 3. The lowest BCUT2D eigenvalue weighted by atomic mass is 9.96. The number of hydrogen-bond donors (Lipinski definition) is 1. The molecule has 8 nitrogen and oxygen atoms in total. The van der Waals surface area contributed by atoms with Crippen LogP contribution in [0.1, 0.15) is 41.8 Å². The summed E-state index contributed by atoms with van der Waals surface area (Å²) >= 11 is 0. The number of carbonyl (C=O) groups excluding carboxylic acids is 1. The largest absolute Gasteiger partial charge is 0.507 e. The van der Waals surface area contributed by atoms with Gasteiger partial charge in [0.1, 0.15) is 28.6 Å². The molecular weight excluding hydrogens is 440 g/mol. The molecule has 2 aromatic carbocycles. The zero-order chi connectivity index (χ0) is 24.9. The molecule has 186 valence electrons. The maximum absolute atomic E-state index is 13.2. The Kier molecular flexibility index (Phi) is 11.4. The van der Waals surface area contributed by atoms with Crippen LogP contribution in [0, 0.1) is 5.92 Å². The minimum absolute atomic E-state index is 0.00484. The summed E-state index contributed by atoms with van der Waals surface area (Å²) in [5, 5.41) is 11.1. The fraction of sp³-hybridized carbons (Fsp3) is 0.423. The van der Waals surface area contributed by atoms with E-state index in [1.54, 1.807) is 31.4 Å². The van der Waals surface area contributed by atoms with Crippen molar-refractivity contribution in [2.45, 2.75) is 26.7 Å². The van der Waals surface area contributed by atoms with Crippen LogP contribution in [0.15, 0.2) is 36.4 Å². The van der Waals surface area contributed by atoms with E-state index in [0.717, 1.165) is 12.0 Å². The second-order valence-electron chi connectivity index (χ2n) is 7.93. The van der Waals surface area contributed by atoms with Gasteiger partial charge in [0.25, 0.3) is 0 Å². The molecule has 2 aromatic rings. The summed E-state index contributed by atoms with van der Waals surface area (Å²) in [6.45, 7) is 4.23. The Balaban J connectivity index is 2.39. The third-order valence-corrected chi connectivity index (χ3v) is 4.86. The summed E-state index contributed by atoms with van der Waals surface area (Å²) < 4.78 is 31.6. The van der Waals surface area contributed by atoms with Crippen molar-refractivity contribution in [3.8, 4) is 23.0 Å². The van der Waals surface area contributed by atoms with Gasteiger partial charge in [0, 0.05) is 33.0 Å². The van der Waals surface area contributed by atoms with E-state index in [4.69, 9.17) is 28.4 Å². The van der Waals surface area contributed by atoms with Gasteiger partial charge in [0.15, 0.2) is 26.2 Å². The van der Waals surface area contributed by atoms with Crippen LogP contribution in [-0.4, -0.2) is 52.6 Å². The van der Waals surface area contributed by atoms with Crippen molar-refractivity contribution in [2.75, 3.05) is 41.7 Å². The molecule has 0 unspecified atom stereocenters. The number of ketones is 1. The van der Waals surface area contributed by atoms with Crippen molar-refractivity contribution in [1.29, 1.82) is 0 Å². The molecule has 0 heterocycles. The third-order valence-electron chi connectivity index (χ3n) is 4.86. The second kappa shape index (κ2) is 14.2. The number of phenols is 1. The first-order chi connectivity index (χ1) is 16.4. The van der Waals surface area contributed by atoms with Gasteiger partial charge in [0.05, 0.1) is 0 Å². The molecule has 0 fully saturated rings. The number of allylic oxidation sites excluding steroid dienone is 1. The van der Waals surface area contributed by atoms with Crippen LogP contribution in [0.25, 0.3) is 6.08 Å². The van der Waals surface area contributed by atoms with Gasteiger partial charge >= 0.3 is 0 Å². The Morgan fingerprint density at radius 3 is 2.09 bits per heavy atom. The number of aromatic hydroxyl groups is 1. The molecule has 0 saturated heterocycles. The third kappa shape index (κ3) is 8.06. The van der Waals surface area contributed by atoms with Crippen LogP contribution in [0.5, 0.6) is 23.0 Å². The lowest BCUT2D eigenvalue weighted by Gasteiger charge is -2.19. The van der Waals surface area contributed by atoms with Gasteiger partial charge in [-0.2, -0.15) is 0 Å². The standard InChI is InChI=1S/C26H34O8/c1-18(2)6-12-21-23(33-16-30-4)14-24(34-17-31-5)25(26(21)28)22(27)13-9-19-7-10-20(11-8-19)32-15-29-3/h7-11,13-14,18,28H,6,12,15-17H2,1-5H3/b13-9+. The molecule has 0 aromatic heterocycles. The highest BCUT2D eigenvalue weighted by Crippen LogP contribution is 2.40. The summed E-state index contributed by atoms with van der Waals surface area (Å²) in [6, 6.07) is 8.77. The second-order valence-corrected chi connectivity index (χ2v) is 7.93. The van der Waals surface area contributed by atoms with Gasteiger partial charge in [-0.25, -0.2) is 0 Å². The van der Waals surface area contributed by atoms with Crippen LogP contribution in [-0.2, 0) is 20.6 Å². The maximum Gasteiger partial charge on any atom is 0.193 e. The molecule has 34 heavy (non-hydrogen) atoms. The molecule has 2 rings (SSSR count). The first kappa shape index (κ1) is 27.2. The number of hydrogen-bond acceptors (Lipinski definition) is 8. The Morgan fingerprint density at radius 1 is 0.912 bits per heavy atom. The van der Waals surface area contributed by atoms with E-state index in [1.807, 2.05) is 12.1 Å². The average Bonchev–Trinajstić information content (AvgIpc) is 2.83. The van der Waals surface area contributed by atoms with Gasteiger partial charge in [-0.1, -0.05) is 32.1 Å². The molecule has 0 aliphatic rings. The molecule has 0 radical (unpaired) electrons. The fourth-order valence-electron chi connectivity index (χ4n) is 3.12. The quantitative estimate of drug-likeness (QED) is 0.223. The Hall–Kier alpha value is -3.07. The molecule has 0 aliphatic heterocycles. The summed E-state index contributed by atoms with van der Waals surface area (Å²) in [6.07, 6.45) is 4.38. The predicted octanol–water partition coefficient (Wildman–Crippen LogP) is 4.83. The van der Waals surface area contributed by atoms with Crippen LogP contribution in [0.2, 0.25) is 0 Å². The van der Waals surface area contributed by atoms with Gasteiger partial charge in [-0.05, 0) is 42.5 Å². The minimum Gasteiger partial charge on any atom is -0.507 e. The van der Waals surface area contributed by atoms with Crippen molar-refractivity contribution >= 4 is 11.9 Å². The Bertz CT molecular complexity index is 935. The van der Waals surface area contributed by atoms with Crippen LogP contribution in [0.3, 0.4) is 0 Å². The smallest absolute Gasteiger partial charge is 0.193 e. The van der Waals surface area contributed by atoms with E-state index in [9.17, 15) is 9.90 Å². The van der Waals surface area contributed by atoms with E-state index in [1.165, 1.54) is 20.3 Å². The van der Waals surface area contributed by atoms with Crippen molar-refractivity contribution in [3.05, 3.63) is 53.1 Å². The first-order valence-corrected chi connectivity index (χ1v) is 11.0. The predicted molar refractivity (Wildman–Crippen MR) is 129 cm³/mol. The molecule has 0 bridgehead atoms. The molecule has 0 saturated carbocycles. The van der Waals surface area contributed by atoms with Gasteiger partial charge < -0.3 is 33.5 Å². The monoisotopic (exact) mass is 474 g/mol. The van der Waals surface area contributed by atoms with E-state index in [2.05, 4.69) is 13.8 Å². The number of phenolic OH excluding ortho intramolecular Hbond substituents is 1. The molecule has 0 atom stereocenters. The average molecular weight is 475 g/mol. The van der Waals surface area contributed by atoms with Gasteiger partial charge in [-0.15, -0.1) is 0 Å². The van der Waals surface area contributed by atoms with Crippen LogP contribution >= 0.6 is 0 Å². The van der Waals surface area contributed by atoms with E-state index in [-0.39, 0.29) is 37.4 Å². The summed E-state index contributed by atoms with van der Waals surface area (Å²) in [5.74, 6) is 1.04. The first-order valence-electron chi connectivity index (χ1n) is 11.0. The molecule has 1 N–H and O–H groups in total. The molecule has 0 amide bonds. The molecular formula is C26H34O8. The molecule has 0 aliphatic carbocycles. The van der Waals surface area contributed by atoms with Crippen molar-refractivity contribution < 1.29 is 38.3 Å². The Labute approximate surface area is 201 Å². The normalized spacial score (nSPS) is 11.2. The lowest BCUT2D eigenvalue weighted by molar-refractivity contribution is 0.0448. The van der Waals surface area contributed by atoms with Crippen LogP contribution < -0.4 is 14.2 Å². The van der Waals surface area contributed by atoms with Gasteiger partial charge in [-0.3, -0.25) is 4.79 Å². The number of rotatable bonds is 15. The Morgan fingerprint density at radius 2 is 1.50 bits per heavy atom. The van der Waals surface area contributed by atoms with Crippen LogP contribution in [0.4, 0.5) is 0 Å². The number of ether oxygens (including phenoxy) is 6. The van der Waals surface area contributed by atoms with Crippen molar-refractivity contribution in [1.82, 2.24) is 0 Å². The highest BCUT2D eigenvalue weighted by molar-refractivity contribution is 6.11. The summed E-state index contributed by atoms with van der Waals surface area (Å²) in [5.41, 5.74) is 1.38. The minimum atomic E-state index is -0.410. The van der Waals surface area contributed by atoms with E-state index in [0.29, 0.717) is 29.4 Å². The maximum atomic E-state index is 13.2. The fourth-order valence-corrected chi connectivity index (χ4v) is 3.12. The zero-order valence-corrected chi connectivity index (χ0v) is 20.5. The molecule has 0 spiro atoms. The van der Waals surface area contributed by atoms with Crippen molar-refractivity contribution in [3.63, 3.8) is 0 Å². The lowest BCUT2D eigenvalue weighted by Crippen LogP contribution is -2.10. The molecule has 8 heteroatoms. The van der Waals surface area contributed by atoms with Crippen molar-refractivity contribution in [2.24, 2.45) is 5.92 Å². The van der Waals surface area contributed by atoms with E-state index >= 15 is 0 Å². The number of carbonyl (C=O) groups is 1. The SMILES string of the molecule is COCOc1ccc(/C=C/C(=O)c2c(OCOC)cc(OCOC)c(CCC(C)C)c2O)cc1. The van der Waals surface area contributed by atoms with E-state index < -0.39 is 5.78 Å². The highest BCUT2D eigenvalue weighted by Gasteiger charge is 2.24. The van der Waals surface area contributed by atoms with Gasteiger partial charge in [0.2, 0.25) is 0 Å². The zero-order valence-electron chi connectivity index (χ0n) is 20.5. The topological polar surface area (TPSA) is 92.7 Å². The highest BCUT2D eigenvalue weighted by atomic mass is 16.7. The summed E-state index contributed by atoms with van der Waals surface area (Å²) in [7, 11) is 4.53. The number of benzene rings is 2.